The Bertz CT molecular complexity index is 2800. The first-order valence-electron chi connectivity index (χ1n) is 21.0. The average molecular weight is 799 g/mol. The molecule has 300 valence electrons. The molecule has 2 heteroatoms. The number of para-hydroxylation sites is 1. The Balaban J connectivity index is 1.12. The van der Waals surface area contributed by atoms with Gasteiger partial charge in [0.25, 0.3) is 0 Å². The fourth-order valence-electron chi connectivity index (χ4n) is 7.92. The highest BCUT2D eigenvalue weighted by atomic mass is 15.2. The highest BCUT2D eigenvalue weighted by Gasteiger charge is 2.21. The van der Waals surface area contributed by atoms with Crippen LogP contribution in [0, 0.1) is 0 Å². The minimum Gasteiger partial charge on any atom is -0.334 e. The number of hydrogen-bond donors (Lipinski definition) is 0. The molecule has 8 rings (SSSR count). The van der Waals surface area contributed by atoms with Crippen molar-refractivity contribution < 1.29 is 0 Å². The molecule has 7 aromatic rings. The van der Waals surface area contributed by atoms with Crippen LogP contribution in [0.4, 0.5) is 22.7 Å². The molecule has 2 nitrogen and oxygen atoms in total. The van der Waals surface area contributed by atoms with Crippen molar-refractivity contribution in [2.45, 2.75) is 12.5 Å². The van der Waals surface area contributed by atoms with Gasteiger partial charge in [-0.1, -0.05) is 202 Å². The summed E-state index contributed by atoms with van der Waals surface area (Å²) < 4.78 is 0. The monoisotopic (exact) mass is 798 g/mol. The number of anilines is 4. The number of hydrogen-bond acceptors (Lipinski definition) is 2. The molecule has 7 aromatic carbocycles. The van der Waals surface area contributed by atoms with Gasteiger partial charge in [-0.2, -0.15) is 0 Å². The molecule has 1 unspecified atom stereocenters. The van der Waals surface area contributed by atoms with Crippen molar-refractivity contribution in [3.8, 4) is 44.5 Å². The van der Waals surface area contributed by atoms with Crippen molar-refractivity contribution >= 4 is 22.7 Å². The zero-order chi connectivity index (χ0) is 42.7. The highest BCUT2D eigenvalue weighted by molar-refractivity contribution is 5.89. The number of allylic oxidation sites excluding steroid dienone is 9. The summed E-state index contributed by atoms with van der Waals surface area (Å²) in [4.78, 5) is 4.63. The van der Waals surface area contributed by atoms with Gasteiger partial charge in [0.2, 0.25) is 0 Å². The predicted octanol–water partition coefficient (Wildman–Crippen LogP) is 16.4. The second-order valence-corrected chi connectivity index (χ2v) is 15.3. The summed E-state index contributed by atoms with van der Waals surface area (Å²) >= 11 is 0. The zero-order valence-electron chi connectivity index (χ0n) is 35.0. The standard InChI is InChI=1S/C60H50N2/c1-5-6-20-45(2)46(3)31-32-47(4)61(54-27-15-9-16-28-54)56-37-35-50(36-38-56)52-25-19-26-53(43-52)59-42-41-58(44-60(59)51-23-13-8-14-24-51)62(55-29-17-10-18-30-55)57-39-33-49(34-40-57)48-21-11-7-12-22-48/h5-29,31-44,55H,1-4,30H2/b20-6-,32-31-. The van der Waals surface area contributed by atoms with Crippen LogP contribution in [0.25, 0.3) is 44.5 Å². The van der Waals surface area contributed by atoms with E-state index < -0.39 is 0 Å². The summed E-state index contributed by atoms with van der Waals surface area (Å²) in [5.41, 5.74) is 16.2. The molecule has 0 aromatic heterocycles. The van der Waals surface area contributed by atoms with Crippen LogP contribution < -0.4 is 9.80 Å². The van der Waals surface area contributed by atoms with E-state index in [1.165, 1.54) is 27.8 Å². The van der Waals surface area contributed by atoms with Crippen molar-refractivity contribution in [1.29, 1.82) is 0 Å². The van der Waals surface area contributed by atoms with Crippen LogP contribution in [-0.4, -0.2) is 6.04 Å². The molecule has 0 spiro atoms. The summed E-state index contributed by atoms with van der Waals surface area (Å²) in [6.45, 7) is 16.5. The van der Waals surface area contributed by atoms with E-state index in [2.05, 4.69) is 224 Å². The normalized spacial score (nSPS) is 13.3. The van der Waals surface area contributed by atoms with Gasteiger partial charge in [0.15, 0.2) is 0 Å². The fraction of sp³-hybridized carbons (Fsp3) is 0.0333. The number of nitrogens with zero attached hydrogens (tertiary/aromatic N) is 2. The molecule has 0 N–H and O–H groups in total. The molecule has 0 saturated heterocycles. The number of benzene rings is 7. The molecule has 1 atom stereocenters. The second kappa shape index (κ2) is 19.4. The first kappa shape index (κ1) is 40.8. The maximum Gasteiger partial charge on any atom is 0.0559 e. The van der Waals surface area contributed by atoms with Crippen molar-refractivity contribution in [3.05, 3.63) is 280 Å². The van der Waals surface area contributed by atoms with Gasteiger partial charge in [-0.3, -0.25) is 0 Å². The van der Waals surface area contributed by atoms with E-state index in [-0.39, 0.29) is 6.04 Å². The summed E-state index contributed by atoms with van der Waals surface area (Å²) in [5.74, 6) is 0. The minimum absolute atomic E-state index is 0.179. The van der Waals surface area contributed by atoms with Crippen LogP contribution in [0.5, 0.6) is 0 Å². The van der Waals surface area contributed by atoms with E-state index in [0.717, 1.165) is 62.7 Å². The molecule has 1 aliphatic carbocycles. The largest absolute Gasteiger partial charge is 0.334 e. The Kier molecular flexibility index (Phi) is 12.8. The summed E-state index contributed by atoms with van der Waals surface area (Å²) in [6.07, 6.45) is 19.2. The van der Waals surface area contributed by atoms with Gasteiger partial charge in [-0.15, -0.1) is 0 Å². The Hall–Kier alpha value is -7.94. The van der Waals surface area contributed by atoms with Crippen LogP contribution in [0.15, 0.2) is 280 Å². The minimum atomic E-state index is 0.179. The molecule has 0 heterocycles. The van der Waals surface area contributed by atoms with Crippen LogP contribution in [0.2, 0.25) is 0 Å². The lowest BCUT2D eigenvalue weighted by atomic mass is 9.91. The van der Waals surface area contributed by atoms with Gasteiger partial charge in [0.05, 0.1) is 6.04 Å². The third-order valence-corrected chi connectivity index (χ3v) is 11.2. The second-order valence-electron chi connectivity index (χ2n) is 15.3. The quantitative estimate of drug-likeness (QED) is 0.0954. The lowest BCUT2D eigenvalue weighted by molar-refractivity contribution is 0.785. The molecule has 0 bridgehead atoms. The molecular weight excluding hydrogens is 749 g/mol. The topological polar surface area (TPSA) is 6.48 Å². The molecule has 0 amide bonds. The molecule has 0 aliphatic heterocycles. The van der Waals surface area contributed by atoms with Crippen LogP contribution in [-0.2, 0) is 0 Å². The smallest absolute Gasteiger partial charge is 0.0559 e. The SMILES string of the molecule is C=C/C=C\C(=C)C(=C)/C=C\C(=C)N(c1ccccc1)c1ccc(-c2cccc(-c3ccc(N(c4ccc(-c5ccccc5)cc4)C4C=CC=CC4)cc3-c3ccccc3)c2)cc1. The molecule has 62 heavy (non-hydrogen) atoms. The van der Waals surface area contributed by atoms with E-state index in [1.807, 2.05) is 42.5 Å². The molecule has 0 radical (unpaired) electrons. The maximum atomic E-state index is 4.46. The van der Waals surface area contributed by atoms with Crippen molar-refractivity contribution in [1.82, 2.24) is 0 Å². The molecular formula is C60H50N2. The Labute approximate surface area is 367 Å². The first-order valence-corrected chi connectivity index (χ1v) is 21.0. The van der Waals surface area contributed by atoms with E-state index in [1.54, 1.807) is 6.08 Å². The van der Waals surface area contributed by atoms with E-state index in [9.17, 15) is 0 Å². The van der Waals surface area contributed by atoms with Gasteiger partial charge in [0, 0.05) is 28.4 Å². The summed E-state index contributed by atoms with van der Waals surface area (Å²) in [7, 11) is 0. The maximum absolute atomic E-state index is 4.46. The van der Waals surface area contributed by atoms with Crippen LogP contribution in [0.1, 0.15) is 6.42 Å². The van der Waals surface area contributed by atoms with Gasteiger partial charge in [0.1, 0.15) is 0 Å². The third kappa shape index (κ3) is 9.42. The molecule has 0 saturated carbocycles. The van der Waals surface area contributed by atoms with Gasteiger partial charge >= 0.3 is 0 Å². The van der Waals surface area contributed by atoms with E-state index >= 15 is 0 Å². The Morgan fingerprint density at radius 1 is 0.452 bits per heavy atom. The average Bonchev–Trinajstić information content (AvgIpc) is 3.34. The fourth-order valence-corrected chi connectivity index (χ4v) is 7.92. The summed E-state index contributed by atoms with van der Waals surface area (Å²) in [5, 5.41) is 0. The van der Waals surface area contributed by atoms with Crippen molar-refractivity contribution in [2.24, 2.45) is 0 Å². The van der Waals surface area contributed by atoms with Gasteiger partial charge < -0.3 is 9.80 Å². The van der Waals surface area contributed by atoms with Crippen LogP contribution >= 0.6 is 0 Å². The van der Waals surface area contributed by atoms with E-state index in [0.29, 0.717) is 0 Å². The molecule has 1 aliphatic rings. The third-order valence-electron chi connectivity index (χ3n) is 11.2. The van der Waals surface area contributed by atoms with Gasteiger partial charge in [-0.25, -0.2) is 0 Å². The van der Waals surface area contributed by atoms with Crippen molar-refractivity contribution in [2.75, 3.05) is 9.80 Å². The Morgan fingerprint density at radius 3 is 1.66 bits per heavy atom. The molecule has 0 fully saturated rings. The predicted molar refractivity (Wildman–Crippen MR) is 268 cm³/mol. The van der Waals surface area contributed by atoms with Crippen molar-refractivity contribution in [3.63, 3.8) is 0 Å². The highest BCUT2D eigenvalue weighted by Crippen LogP contribution is 2.41. The van der Waals surface area contributed by atoms with Crippen LogP contribution in [0.3, 0.4) is 0 Å². The first-order chi connectivity index (χ1) is 30.5. The summed E-state index contributed by atoms with van der Waals surface area (Å²) in [6, 6.07) is 65.3. The number of rotatable bonds is 15. The lowest BCUT2D eigenvalue weighted by Crippen LogP contribution is -2.29. The van der Waals surface area contributed by atoms with E-state index in [4.69, 9.17) is 0 Å². The van der Waals surface area contributed by atoms with Gasteiger partial charge in [-0.05, 0) is 123 Å². The lowest BCUT2D eigenvalue weighted by Gasteiger charge is -2.33. The zero-order valence-corrected chi connectivity index (χ0v) is 35.0. The Morgan fingerprint density at radius 2 is 1.00 bits per heavy atom.